The average Bonchev–Trinajstić information content (AvgIpc) is 3.01. The first kappa shape index (κ1) is 14.0. The minimum atomic E-state index is -0.811. The molecule has 0 bridgehead atoms. The molecule has 2 fully saturated rings. The fourth-order valence-corrected chi connectivity index (χ4v) is 4.14. The number of benzene rings is 1. The lowest BCUT2D eigenvalue weighted by Gasteiger charge is -2.32. The molecule has 0 radical (unpaired) electrons. The smallest absolute Gasteiger partial charge is 0.341 e. The summed E-state index contributed by atoms with van der Waals surface area (Å²) in [5.41, 5.74) is 2.97. The molecular weight excluding hydrogens is 276 g/mol. The van der Waals surface area contributed by atoms with Crippen LogP contribution in [-0.2, 0) is 14.3 Å². The van der Waals surface area contributed by atoms with Gasteiger partial charge in [-0.05, 0) is 25.3 Å². The van der Waals surface area contributed by atoms with E-state index in [-0.39, 0.29) is 11.4 Å². The SMILES string of the molecule is Cc1ccc(C2=C[C@@]3(CC4(CCCCC4)CO3)OC2=O)cc1. The van der Waals surface area contributed by atoms with Crippen LogP contribution in [0.15, 0.2) is 30.3 Å². The minimum Gasteiger partial charge on any atom is -0.426 e. The van der Waals surface area contributed by atoms with Gasteiger partial charge in [0.2, 0.25) is 5.79 Å². The van der Waals surface area contributed by atoms with Gasteiger partial charge in [0.05, 0.1) is 12.2 Å². The van der Waals surface area contributed by atoms with E-state index in [0.717, 1.165) is 18.6 Å². The zero-order valence-corrected chi connectivity index (χ0v) is 13.1. The molecule has 1 aromatic rings. The van der Waals surface area contributed by atoms with E-state index in [2.05, 4.69) is 0 Å². The van der Waals surface area contributed by atoms with Crippen molar-refractivity contribution >= 4 is 11.5 Å². The molecule has 0 N–H and O–H groups in total. The molecule has 0 aromatic heterocycles. The highest BCUT2D eigenvalue weighted by atomic mass is 16.7. The molecule has 1 aliphatic carbocycles. The van der Waals surface area contributed by atoms with Crippen molar-refractivity contribution < 1.29 is 14.3 Å². The van der Waals surface area contributed by atoms with Crippen LogP contribution in [-0.4, -0.2) is 18.4 Å². The number of ether oxygens (including phenoxy) is 2. The Balaban J connectivity index is 1.62. The largest absolute Gasteiger partial charge is 0.426 e. The second kappa shape index (κ2) is 4.95. The quantitative estimate of drug-likeness (QED) is 0.735. The van der Waals surface area contributed by atoms with E-state index in [0.29, 0.717) is 5.57 Å². The lowest BCUT2D eigenvalue weighted by Crippen LogP contribution is -2.30. The first-order valence-electron chi connectivity index (χ1n) is 8.27. The summed E-state index contributed by atoms with van der Waals surface area (Å²) in [5.74, 6) is -1.06. The van der Waals surface area contributed by atoms with Gasteiger partial charge < -0.3 is 9.47 Å². The number of carbonyl (C=O) groups excluding carboxylic acids is 1. The Morgan fingerprint density at radius 3 is 2.50 bits per heavy atom. The van der Waals surface area contributed by atoms with Crippen LogP contribution in [0.4, 0.5) is 0 Å². The van der Waals surface area contributed by atoms with Crippen molar-refractivity contribution in [2.45, 2.75) is 51.2 Å². The summed E-state index contributed by atoms with van der Waals surface area (Å²) < 4.78 is 11.7. The number of rotatable bonds is 1. The van der Waals surface area contributed by atoms with Crippen LogP contribution in [0.5, 0.6) is 0 Å². The predicted molar refractivity (Wildman–Crippen MR) is 84.1 cm³/mol. The van der Waals surface area contributed by atoms with E-state index >= 15 is 0 Å². The highest BCUT2D eigenvalue weighted by Crippen LogP contribution is 2.52. The summed E-state index contributed by atoms with van der Waals surface area (Å²) in [7, 11) is 0. The minimum absolute atomic E-state index is 0.220. The molecule has 1 atom stereocenters. The van der Waals surface area contributed by atoms with E-state index in [1.165, 1.54) is 37.7 Å². The van der Waals surface area contributed by atoms with Crippen molar-refractivity contribution in [3.8, 4) is 0 Å². The molecule has 4 rings (SSSR count). The standard InChI is InChI=1S/C19H22O3/c1-14-5-7-15(8-6-14)16-11-19(22-17(16)20)12-18(13-21-19)9-3-2-4-10-18/h5-8,11H,2-4,9-10,12-13H2,1H3/t19-/m0/s1. The molecule has 3 aliphatic rings. The molecule has 1 saturated carbocycles. The van der Waals surface area contributed by atoms with E-state index in [1.807, 2.05) is 37.3 Å². The molecule has 0 unspecified atom stereocenters. The predicted octanol–water partition coefficient (Wildman–Crippen LogP) is 4.00. The van der Waals surface area contributed by atoms with Gasteiger partial charge >= 0.3 is 5.97 Å². The molecule has 2 aliphatic heterocycles. The van der Waals surface area contributed by atoms with Gasteiger partial charge in [-0.15, -0.1) is 0 Å². The second-order valence-corrected chi connectivity index (χ2v) is 7.15. The monoisotopic (exact) mass is 298 g/mol. The number of esters is 1. The van der Waals surface area contributed by atoms with Crippen molar-refractivity contribution in [3.63, 3.8) is 0 Å². The van der Waals surface area contributed by atoms with E-state index in [9.17, 15) is 4.79 Å². The summed E-state index contributed by atoms with van der Waals surface area (Å²) in [5, 5.41) is 0. The maximum Gasteiger partial charge on any atom is 0.341 e. The van der Waals surface area contributed by atoms with Crippen LogP contribution in [0, 0.1) is 12.3 Å². The Morgan fingerprint density at radius 2 is 1.77 bits per heavy atom. The first-order chi connectivity index (χ1) is 10.6. The van der Waals surface area contributed by atoms with Gasteiger partial charge in [0.25, 0.3) is 0 Å². The molecule has 2 spiro atoms. The molecule has 22 heavy (non-hydrogen) atoms. The van der Waals surface area contributed by atoms with Crippen molar-refractivity contribution in [1.29, 1.82) is 0 Å². The molecular formula is C19H22O3. The fourth-order valence-electron chi connectivity index (χ4n) is 4.14. The third-order valence-electron chi connectivity index (χ3n) is 5.37. The maximum absolute atomic E-state index is 12.3. The summed E-state index contributed by atoms with van der Waals surface area (Å²) in [6.07, 6.45) is 8.98. The van der Waals surface area contributed by atoms with Gasteiger partial charge in [-0.25, -0.2) is 4.79 Å². The summed E-state index contributed by atoms with van der Waals surface area (Å²) >= 11 is 0. The maximum atomic E-state index is 12.3. The van der Waals surface area contributed by atoms with Crippen LogP contribution in [0.1, 0.15) is 49.7 Å². The normalized spacial score (nSPS) is 29.9. The van der Waals surface area contributed by atoms with Gasteiger partial charge in [-0.2, -0.15) is 0 Å². The van der Waals surface area contributed by atoms with Gasteiger partial charge in [-0.1, -0.05) is 49.1 Å². The van der Waals surface area contributed by atoms with Crippen molar-refractivity contribution in [1.82, 2.24) is 0 Å². The van der Waals surface area contributed by atoms with Crippen molar-refractivity contribution in [2.75, 3.05) is 6.61 Å². The molecule has 1 saturated heterocycles. The number of hydrogen-bond donors (Lipinski definition) is 0. The Morgan fingerprint density at radius 1 is 1.05 bits per heavy atom. The van der Waals surface area contributed by atoms with Gasteiger partial charge in [0, 0.05) is 17.9 Å². The van der Waals surface area contributed by atoms with Crippen LogP contribution in [0.3, 0.4) is 0 Å². The van der Waals surface area contributed by atoms with E-state index < -0.39 is 5.79 Å². The number of hydrogen-bond acceptors (Lipinski definition) is 3. The van der Waals surface area contributed by atoms with E-state index in [1.54, 1.807) is 0 Å². The van der Waals surface area contributed by atoms with Crippen LogP contribution >= 0.6 is 0 Å². The number of carbonyl (C=O) groups is 1. The molecule has 3 heteroatoms. The average molecular weight is 298 g/mol. The third kappa shape index (κ3) is 2.28. The lowest BCUT2D eigenvalue weighted by atomic mass is 9.72. The summed E-state index contributed by atoms with van der Waals surface area (Å²) in [6.45, 7) is 2.76. The molecule has 3 nitrogen and oxygen atoms in total. The highest BCUT2D eigenvalue weighted by Gasteiger charge is 2.54. The fraction of sp³-hybridized carbons (Fsp3) is 0.526. The highest BCUT2D eigenvalue weighted by molar-refractivity contribution is 6.18. The molecule has 1 aromatic carbocycles. The van der Waals surface area contributed by atoms with Crippen LogP contribution in [0.2, 0.25) is 0 Å². The van der Waals surface area contributed by atoms with Crippen LogP contribution < -0.4 is 0 Å². The molecule has 116 valence electrons. The Bertz CT molecular complexity index is 623. The first-order valence-corrected chi connectivity index (χ1v) is 8.27. The summed E-state index contributed by atoms with van der Waals surface area (Å²) in [6, 6.07) is 8.00. The van der Waals surface area contributed by atoms with Crippen molar-refractivity contribution in [2.24, 2.45) is 5.41 Å². The Hall–Kier alpha value is -1.61. The van der Waals surface area contributed by atoms with E-state index in [4.69, 9.17) is 9.47 Å². The van der Waals surface area contributed by atoms with Gasteiger partial charge in [-0.3, -0.25) is 0 Å². The number of aryl methyl sites for hydroxylation is 1. The zero-order valence-electron chi connectivity index (χ0n) is 13.1. The topological polar surface area (TPSA) is 35.5 Å². The third-order valence-corrected chi connectivity index (χ3v) is 5.37. The zero-order chi connectivity index (χ0) is 15.2. The lowest BCUT2D eigenvalue weighted by molar-refractivity contribution is -0.181. The molecule has 2 heterocycles. The Kier molecular flexibility index (Phi) is 3.15. The Labute approximate surface area is 131 Å². The van der Waals surface area contributed by atoms with Gasteiger partial charge in [0.1, 0.15) is 0 Å². The van der Waals surface area contributed by atoms with Gasteiger partial charge in [0.15, 0.2) is 0 Å². The van der Waals surface area contributed by atoms with Crippen molar-refractivity contribution in [3.05, 3.63) is 41.5 Å². The summed E-state index contributed by atoms with van der Waals surface area (Å²) in [4.78, 5) is 12.3. The second-order valence-electron chi connectivity index (χ2n) is 7.15. The molecule has 0 amide bonds. The van der Waals surface area contributed by atoms with Crippen LogP contribution in [0.25, 0.3) is 5.57 Å².